The van der Waals surface area contributed by atoms with Crippen molar-refractivity contribution in [1.82, 2.24) is 4.98 Å². The van der Waals surface area contributed by atoms with Crippen molar-refractivity contribution in [3.63, 3.8) is 0 Å². The molecular weight excluding hydrogens is 268 g/mol. The van der Waals surface area contributed by atoms with E-state index >= 15 is 0 Å². The number of hydrogen-bond acceptors (Lipinski definition) is 5. The molecule has 0 atom stereocenters. The van der Waals surface area contributed by atoms with Crippen LogP contribution in [0.25, 0.3) is 0 Å². The van der Waals surface area contributed by atoms with Crippen molar-refractivity contribution >= 4 is 23.1 Å². The Balaban J connectivity index is 2.10. The summed E-state index contributed by atoms with van der Waals surface area (Å²) in [7, 11) is 0. The van der Waals surface area contributed by atoms with E-state index < -0.39 is 4.92 Å². The average Bonchev–Trinajstić information content (AvgIpc) is 2.41. The van der Waals surface area contributed by atoms with Crippen LogP contribution in [-0.2, 0) is 6.54 Å². The molecule has 0 spiro atoms. The number of benzene rings is 1. The molecule has 1 heterocycles. The fourth-order valence-corrected chi connectivity index (χ4v) is 1.59. The van der Waals surface area contributed by atoms with Crippen LogP contribution in [0.1, 0.15) is 5.56 Å². The predicted molar refractivity (Wildman–Crippen MR) is 70.6 cm³/mol. The van der Waals surface area contributed by atoms with E-state index in [1.54, 1.807) is 30.5 Å². The molecule has 0 unspecified atom stereocenters. The van der Waals surface area contributed by atoms with E-state index in [1.807, 2.05) is 0 Å². The zero-order chi connectivity index (χ0) is 13.7. The van der Waals surface area contributed by atoms with Crippen molar-refractivity contribution in [2.75, 3.05) is 0 Å². The van der Waals surface area contributed by atoms with Gasteiger partial charge in [0.05, 0.1) is 11.5 Å². The van der Waals surface area contributed by atoms with E-state index in [9.17, 15) is 10.1 Å². The molecule has 1 aromatic carbocycles. The van der Waals surface area contributed by atoms with Crippen LogP contribution >= 0.6 is 11.6 Å². The summed E-state index contributed by atoms with van der Waals surface area (Å²) in [4.78, 5) is 14.2. The van der Waals surface area contributed by atoms with Crippen LogP contribution in [0.3, 0.4) is 0 Å². The lowest BCUT2D eigenvalue weighted by Gasteiger charge is -1.98. The highest BCUT2D eigenvalue weighted by Gasteiger charge is 2.12. The third-order valence-electron chi connectivity index (χ3n) is 2.28. The molecule has 19 heavy (non-hydrogen) atoms. The van der Waals surface area contributed by atoms with Crippen LogP contribution in [0.5, 0.6) is 0 Å². The van der Waals surface area contributed by atoms with E-state index in [1.165, 1.54) is 12.1 Å². The number of nitro benzene ring substituents is 1. The molecule has 1 aromatic heterocycles. The summed E-state index contributed by atoms with van der Waals surface area (Å²) in [6.07, 6.45) is 1.61. The first kappa shape index (κ1) is 13.1. The van der Waals surface area contributed by atoms with Crippen LogP contribution in [0, 0.1) is 10.1 Å². The molecule has 0 amide bonds. The Hall–Kier alpha value is -2.34. The molecule has 0 N–H and O–H groups in total. The molecule has 0 aliphatic rings. The molecule has 0 saturated heterocycles. The predicted octanol–water partition coefficient (Wildman–Crippen LogP) is 3.93. The van der Waals surface area contributed by atoms with Crippen molar-refractivity contribution in [1.29, 1.82) is 0 Å². The normalized spacial score (nSPS) is 10.8. The summed E-state index contributed by atoms with van der Waals surface area (Å²) in [5.41, 5.74) is 0.531. The number of halogens is 1. The molecule has 7 heteroatoms. The number of nitrogens with zero attached hydrogens (tertiary/aromatic N) is 4. The molecule has 0 aliphatic heterocycles. The minimum atomic E-state index is -0.526. The second-order valence-electron chi connectivity index (χ2n) is 3.63. The van der Waals surface area contributed by atoms with E-state index in [0.29, 0.717) is 11.4 Å². The highest BCUT2D eigenvalue weighted by atomic mass is 35.5. The summed E-state index contributed by atoms with van der Waals surface area (Å²) >= 11 is 5.72. The molecule has 0 saturated carbocycles. The third-order valence-corrected chi connectivity index (χ3v) is 2.60. The van der Waals surface area contributed by atoms with E-state index in [2.05, 4.69) is 15.2 Å². The van der Waals surface area contributed by atoms with Gasteiger partial charge in [0, 0.05) is 12.3 Å². The van der Waals surface area contributed by atoms with Crippen LogP contribution < -0.4 is 0 Å². The zero-order valence-electron chi connectivity index (χ0n) is 9.73. The van der Waals surface area contributed by atoms with Gasteiger partial charge < -0.3 is 0 Å². The van der Waals surface area contributed by atoms with Gasteiger partial charge in [-0.1, -0.05) is 23.7 Å². The zero-order valence-corrected chi connectivity index (χ0v) is 10.5. The van der Waals surface area contributed by atoms with E-state index in [4.69, 9.17) is 11.6 Å². The Labute approximate surface area is 113 Å². The summed E-state index contributed by atoms with van der Waals surface area (Å²) in [5.74, 6) is 0.492. The van der Waals surface area contributed by atoms with Crippen molar-refractivity contribution in [3.05, 3.63) is 63.3 Å². The molecule has 2 aromatic rings. The minimum Gasteiger partial charge on any atom is -0.258 e. The van der Waals surface area contributed by atoms with Gasteiger partial charge in [-0.15, -0.1) is 5.11 Å². The molecule has 96 valence electrons. The van der Waals surface area contributed by atoms with Crippen molar-refractivity contribution in [2.45, 2.75) is 6.54 Å². The van der Waals surface area contributed by atoms with Gasteiger partial charge in [-0.3, -0.25) is 10.1 Å². The van der Waals surface area contributed by atoms with Crippen molar-refractivity contribution in [2.24, 2.45) is 10.2 Å². The Morgan fingerprint density at radius 1 is 1.32 bits per heavy atom. The van der Waals surface area contributed by atoms with Gasteiger partial charge in [0.15, 0.2) is 5.82 Å². The smallest absolute Gasteiger partial charge is 0.258 e. The molecule has 0 aliphatic carbocycles. The van der Waals surface area contributed by atoms with Crippen LogP contribution in [0.2, 0.25) is 5.02 Å². The van der Waals surface area contributed by atoms with Crippen LogP contribution in [-0.4, -0.2) is 9.91 Å². The quantitative estimate of drug-likeness (QED) is 0.482. The molecule has 0 bridgehead atoms. The van der Waals surface area contributed by atoms with Gasteiger partial charge in [0.25, 0.3) is 5.69 Å². The summed E-state index contributed by atoms with van der Waals surface area (Å²) in [5, 5.41) is 18.7. The largest absolute Gasteiger partial charge is 0.288 e. The molecule has 0 radical (unpaired) electrons. The summed E-state index contributed by atoms with van der Waals surface area (Å²) < 4.78 is 0. The standard InChI is InChI=1S/C12H9ClN4O2/c13-10-5-4-9(7-11(10)17(18)19)8-15-16-12-3-1-2-6-14-12/h1-7H,8H2. The number of pyridine rings is 1. The van der Waals surface area contributed by atoms with Crippen LogP contribution in [0.15, 0.2) is 52.8 Å². The number of aromatic nitrogens is 1. The maximum absolute atomic E-state index is 10.7. The monoisotopic (exact) mass is 276 g/mol. The van der Waals surface area contributed by atoms with Gasteiger partial charge >= 0.3 is 0 Å². The summed E-state index contributed by atoms with van der Waals surface area (Å²) in [6.45, 7) is 0.231. The third kappa shape index (κ3) is 3.56. The van der Waals surface area contributed by atoms with Crippen LogP contribution in [0.4, 0.5) is 11.5 Å². The lowest BCUT2D eigenvalue weighted by atomic mass is 10.2. The Bertz CT molecular complexity index is 616. The maximum Gasteiger partial charge on any atom is 0.288 e. The second-order valence-corrected chi connectivity index (χ2v) is 4.04. The second kappa shape index (κ2) is 6.01. The Morgan fingerprint density at radius 2 is 2.16 bits per heavy atom. The SMILES string of the molecule is O=[N+]([O-])c1cc(CN=Nc2ccccn2)ccc1Cl. The number of azo groups is 1. The van der Waals surface area contributed by atoms with E-state index in [-0.39, 0.29) is 17.3 Å². The van der Waals surface area contributed by atoms with Gasteiger partial charge in [-0.2, -0.15) is 5.11 Å². The van der Waals surface area contributed by atoms with Gasteiger partial charge in [0.1, 0.15) is 5.02 Å². The molecule has 0 fully saturated rings. The number of nitro groups is 1. The van der Waals surface area contributed by atoms with Gasteiger partial charge in [-0.05, 0) is 23.8 Å². The molecule has 2 rings (SSSR count). The first-order chi connectivity index (χ1) is 9.16. The molecule has 6 nitrogen and oxygen atoms in total. The van der Waals surface area contributed by atoms with Gasteiger partial charge in [0.2, 0.25) is 0 Å². The summed E-state index contributed by atoms with van der Waals surface area (Å²) in [6, 6.07) is 9.84. The fraction of sp³-hybridized carbons (Fsp3) is 0.0833. The highest BCUT2D eigenvalue weighted by molar-refractivity contribution is 6.32. The lowest BCUT2D eigenvalue weighted by Crippen LogP contribution is -1.91. The lowest BCUT2D eigenvalue weighted by molar-refractivity contribution is -0.384. The Morgan fingerprint density at radius 3 is 2.84 bits per heavy atom. The van der Waals surface area contributed by atoms with Crippen molar-refractivity contribution in [3.8, 4) is 0 Å². The topological polar surface area (TPSA) is 80.8 Å². The fourth-order valence-electron chi connectivity index (χ4n) is 1.40. The number of rotatable bonds is 4. The first-order valence-corrected chi connectivity index (χ1v) is 5.76. The first-order valence-electron chi connectivity index (χ1n) is 5.38. The van der Waals surface area contributed by atoms with Gasteiger partial charge in [-0.25, -0.2) is 4.98 Å². The highest BCUT2D eigenvalue weighted by Crippen LogP contribution is 2.25. The van der Waals surface area contributed by atoms with E-state index in [0.717, 1.165) is 0 Å². The average molecular weight is 277 g/mol. The molecular formula is C12H9ClN4O2. The Kier molecular flexibility index (Phi) is 4.15. The number of hydrogen-bond donors (Lipinski definition) is 0. The minimum absolute atomic E-state index is 0.107. The maximum atomic E-state index is 10.7. The van der Waals surface area contributed by atoms with Crippen molar-refractivity contribution < 1.29 is 4.92 Å².